The van der Waals surface area contributed by atoms with Gasteiger partial charge in [-0.2, -0.15) is 5.10 Å². The molecular formula is C13H23N5O2. The summed E-state index contributed by atoms with van der Waals surface area (Å²) in [4.78, 5) is 2.24. The lowest BCUT2D eigenvalue weighted by Crippen LogP contribution is -2.48. The molecular weight excluding hydrogens is 258 g/mol. The average Bonchev–Trinajstić information content (AvgIpc) is 2.88. The van der Waals surface area contributed by atoms with Crippen molar-refractivity contribution in [1.29, 1.82) is 0 Å². The zero-order chi connectivity index (χ0) is 14.5. The molecule has 1 aromatic heterocycles. The van der Waals surface area contributed by atoms with E-state index < -0.39 is 0 Å². The first-order chi connectivity index (χ1) is 9.67. The highest BCUT2D eigenvalue weighted by atomic mass is 16.5. The van der Waals surface area contributed by atoms with Crippen molar-refractivity contribution < 1.29 is 9.94 Å². The number of hydrogen-bond donors (Lipinski definition) is 2. The number of nitrogens with zero attached hydrogens (tertiary/aromatic N) is 4. The second-order valence-corrected chi connectivity index (χ2v) is 4.92. The van der Waals surface area contributed by atoms with E-state index in [1.54, 1.807) is 0 Å². The molecule has 7 nitrogen and oxygen atoms in total. The van der Waals surface area contributed by atoms with Crippen LogP contribution in [0.3, 0.4) is 0 Å². The first kappa shape index (κ1) is 14.8. The summed E-state index contributed by atoms with van der Waals surface area (Å²) in [5.74, 6) is 0.132. The molecule has 20 heavy (non-hydrogen) atoms. The van der Waals surface area contributed by atoms with Crippen LogP contribution in [0.2, 0.25) is 0 Å². The molecule has 0 aliphatic carbocycles. The van der Waals surface area contributed by atoms with Crippen molar-refractivity contribution in [2.45, 2.75) is 39.5 Å². The van der Waals surface area contributed by atoms with Gasteiger partial charge in [0.05, 0.1) is 18.0 Å². The number of hydrogen-bond acceptors (Lipinski definition) is 5. The Morgan fingerprint density at radius 2 is 2.40 bits per heavy atom. The minimum absolute atomic E-state index is 0.132. The lowest BCUT2D eigenvalue weighted by atomic mass is 10.2. The molecule has 1 fully saturated rings. The second kappa shape index (κ2) is 6.71. The maximum atomic E-state index is 8.73. The summed E-state index contributed by atoms with van der Waals surface area (Å²) in [6.07, 6.45) is 0.605. The summed E-state index contributed by atoms with van der Waals surface area (Å²) in [5.41, 5.74) is 7.93. The van der Waals surface area contributed by atoms with Crippen LogP contribution in [0.25, 0.3) is 0 Å². The molecule has 2 heterocycles. The summed E-state index contributed by atoms with van der Waals surface area (Å²) in [7, 11) is 0. The highest BCUT2D eigenvalue weighted by Gasteiger charge is 2.24. The van der Waals surface area contributed by atoms with Crippen LogP contribution in [-0.2, 0) is 24.2 Å². The lowest BCUT2D eigenvalue weighted by molar-refractivity contribution is 0.000511. The van der Waals surface area contributed by atoms with Crippen LogP contribution in [0.1, 0.15) is 25.2 Å². The number of nitrogens with two attached hydrogens (primary N) is 1. The van der Waals surface area contributed by atoms with Gasteiger partial charge >= 0.3 is 0 Å². The van der Waals surface area contributed by atoms with Crippen molar-refractivity contribution in [3.63, 3.8) is 0 Å². The van der Waals surface area contributed by atoms with Crippen LogP contribution in [0, 0.1) is 0 Å². The number of aryl methyl sites for hydroxylation is 2. The Morgan fingerprint density at radius 3 is 3.05 bits per heavy atom. The summed E-state index contributed by atoms with van der Waals surface area (Å²) in [6.45, 7) is 7.92. The maximum absolute atomic E-state index is 8.73. The van der Waals surface area contributed by atoms with Gasteiger partial charge < -0.3 is 15.7 Å². The van der Waals surface area contributed by atoms with Gasteiger partial charge in [0.25, 0.3) is 0 Å². The number of ether oxygens (including phenoxy) is 1. The Morgan fingerprint density at radius 1 is 1.60 bits per heavy atom. The van der Waals surface area contributed by atoms with Crippen LogP contribution in [0.15, 0.2) is 11.2 Å². The molecule has 7 heteroatoms. The fourth-order valence-electron chi connectivity index (χ4n) is 2.41. The first-order valence-corrected chi connectivity index (χ1v) is 7.04. The number of rotatable bonds is 5. The quantitative estimate of drug-likeness (QED) is 0.353. The van der Waals surface area contributed by atoms with Crippen molar-refractivity contribution in [3.8, 4) is 0 Å². The Balaban J connectivity index is 2.04. The molecule has 1 aliphatic rings. The van der Waals surface area contributed by atoms with E-state index in [2.05, 4.69) is 35.1 Å². The van der Waals surface area contributed by atoms with Gasteiger partial charge in [-0.15, -0.1) is 0 Å². The van der Waals surface area contributed by atoms with Crippen molar-refractivity contribution in [3.05, 3.63) is 17.5 Å². The van der Waals surface area contributed by atoms with Crippen LogP contribution in [-0.4, -0.2) is 51.5 Å². The highest BCUT2D eigenvalue weighted by molar-refractivity contribution is 5.84. The van der Waals surface area contributed by atoms with Gasteiger partial charge in [-0.05, 0) is 19.4 Å². The molecule has 0 spiro atoms. The van der Waals surface area contributed by atoms with Crippen molar-refractivity contribution in [1.82, 2.24) is 14.7 Å². The molecule has 2 rings (SSSR count). The van der Waals surface area contributed by atoms with E-state index in [1.165, 1.54) is 5.69 Å². The van der Waals surface area contributed by atoms with Gasteiger partial charge in [-0.1, -0.05) is 12.1 Å². The Kier molecular flexibility index (Phi) is 4.97. The van der Waals surface area contributed by atoms with Crippen LogP contribution in [0.5, 0.6) is 0 Å². The molecule has 1 aromatic rings. The first-order valence-electron chi connectivity index (χ1n) is 7.04. The van der Waals surface area contributed by atoms with Crippen molar-refractivity contribution in [2.75, 3.05) is 19.7 Å². The predicted molar refractivity (Wildman–Crippen MR) is 75.7 cm³/mol. The van der Waals surface area contributed by atoms with Gasteiger partial charge in [0.2, 0.25) is 0 Å². The van der Waals surface area contributed by atoms with Crippen molar-refractivity contribution in [2.24, 2.45) is 10.9 Å². The van der Waals surface area contributed by atoms with Crippen LogP contribution < -0.4 is 5.73 Å². The molecule has 3 N–H and O–H groups in total. The minimum atomic E-state index is -0.336. The summed E-state index contributed by atoms with van der Waals surface area (Å²) < 4.78 is 7.54. The molecule has 0 saturated carbocycles. The number of oxime groups is 1. The maximum Gasteiger partial charge on any atom is 0.169 e. The topological polar surface area (TPSA) is 88.9 Å². The lowest BCUT2D eigenvalue weighted by Gasteiger charge is -2.32. The summed E-state index contributed by atoms with van der Waals surface area (Å²) in [5, 5.41) is 16.3. The molecule has 0 amide bonds. The third-order valence-electron chi connectivity index (χ3n) is 3.56. The van der Waals surface area contributed by atoms with Gasteiger partial charge in [-0.3, -0.25) is 9.58 Å². The largest absolute Gasteiger partial charge is 0.409 e. The number of aromatic nitrogens is 2. The van der Waals surface area contributed by atoms with E-state index in [-0.39, 0.29) is 11.9 Å². The molecule has 1 aliphatic heterocycles. The third kappa shape index (κ3) is 3.29. The van der Waals surface area contributed by atoms with E-state index in [9.17, 15) is 0 Å². The zero-order valence-electron chi connectivity index (χ0n) is 12.1. The minimum Gasteiger partial charge on any atom is -0.409 e. The van der Waals surface area contributed by atoms with E-state index >= 15 is 0 Å². The predicted octanol–water partition coefficient (Wildman–Crippen LogP) is 0.413. The summed E-state index contributed by atoms with van der Waals surface area (Å²) in [6, 6.07) is 2.15. The van der Waals surface area contributed by atoms with E-state index in [0.29, 0.717) is 13.2 Å². The fourth-order valence-corrected chi connectivity index (χ4v) is 2.41. The van der Waals surface area contributed by atoms with Crippen LogP contribution in [0.4, 0.5) is 0 Å². The van der Waals surface area contributed by atoms with Gasteiger partial charge in [0, 0.05) is 26.2 Å². The molecule has 1 saturated heterocycles. The van der Waals surface area contributed by atoms with Gasteiger partial charge in [-0.25, -0.2) is 0 Å². The fraction of sp³-hybridized carbons (Fsp3) is 0.692. The van der Waals surface area contributed by atoms with Crippen molar-refractivity contribution >= 4 is 5.84 Å². The monoisotopic (exact) mass is 281 g/mol. The summed E-state index contributed by atoms with van der Waals surface area (Å²) >= 11 is 0. The SMILES string of the molecule is CCc1cc(CN2CCOC(C(N)=NO)C2)n(CC)n1. The molecule has 0 aromatic carbocycles. The number of morpholine rings is 1. The Labute approximate surface area is 119 Å². The van der Waals surface area contributed by atoms with Gasteiger partial charge in [0.1, 0.15) is 6.10 Å². The normalized spacial score (nSPS) is 21.3. The molecule has 0 radical (unpaired) electrons. The molecule has 1 unspecified atom stereocenters. The zero-order valence-corrected chi connectivity index (χ0v) is 12.1. The van der Waals surface area contributed by atoms with Crippen LogP contribution >= 0.6 is 0 Å². The smallest absolute Gasteiger partial charge is 0.169 e. The van der Waals surface area contributed by atoms with Gasteiger partial charge in [0.15, 0.2) is 5.84 Å². The highest BCUT2D eigenvalue weighted by Crippen LogP contribution is 2.13. The standard InChI is InChI=1S/C13H23N5O2/c1-3-10-7-11(18(4-2)15-10)8-17-5-6-20-12(9-17)13(14)16-19/h7,12,19H,3-6,8-9H2,1-2H3,(H2,14,16). The molecule has 112 valence electrons. The Bertz CT molecular complexity index is 471. The van der Waals surface area contributed by atoms with E-state index in [4.69, 9.17) is 15.7 Å². The number of amidine groups is 1. The van der Waals surface area contributed by atoms with E-state index in [0.717, 1.165) is 31.7 Å². The van der Waals surface area contributed by atoms with E-state index in [1.807, 2.05) is 4.68 Å². The molecule has 1 atom stereocenters. The third-order valence-corrected chi connectivity index (χ3v) is 3.56. The average molecular weight is 281 g/mol. The second-order valence-electron chi connectivity index (χ2n) is 4.92. The molecule has 0 bridgehead atoms. The Hall–Kier alpha value is -1.60.